The van der Waals surface area contributed by atoms with Crippen molar-refractivity contribution in [3.05, 3.63) is 28.8 Å². The molecule has 0 unspecified atom stereocenters. The zero-order valence-corrected chi connectivity index (χ0v) is 9.80. The highest BCUT2D eigenvalue weighted by Crippen LogP contribution is 2.27. The molecule has 0 bridgehead atoms. The van der Waals surface area contributed by atoms with Crippen LogP contribution >= 0.6 is 0 Å². The summed E-state index contributed by atoms with van der Waals surface area (Å²) in [5.41, 5.74) is 0.812. The van der Waals surface area contributed by atoms with Crippen LogP contribution in [0.3, 0.4) is 0 Å². The van der Waals surface area contributed by atoms with Crippen molar-refractivity contribution in [3.8, 4) is 0 Å². The lowest BCUT2D eigenvalue weighted by atomic mass is 9.94. The molecule has 0 saturated carbocycles. The second kappa shape index (κ2) is 5.04. The topological polar surface area (TPSA) is 12.5 Å². The summed E-state index contributed by atoms with van der Waals surface area (Å²) in [7, 11) is 5.46. The van der Waals surface area contributed by atoms with Crippen LogP contribution in [0, 0.1) is 18.6 Å². The number of anilines is 1. The second-order valence-electron chi connectivity index (χ2n) is 4.11. The molecule has 1 saturated heterocycles. The molecule has 1 fully saturated rings. The molecule has 0 N–H and O–H groups in total. The van der Waals surface area contributed by atoms with Gasteiger partial charge in [0.2, 0.25) is 0 Å². The van der Waals surface area contributed by atoms with Crippen molar-refractivity contribution < 1.29 is 13.5 Å². The molecule has 90 valence electrons. The third-order valence-electron chi connectivity index (χ3n) is 3.05. The highest BCUT2D eigenvalue weighted by molar-refractivity contribution is 6.08. The van der Waals surface area contributed by atoms with Gasteiger partial charge in [-0.25, -0.2) is 8.78 Å². The lowest BCUT2D eigenvalue weighted by molar-refractivity contribution is 0.122. The van der Waals surface area contributed by atoms with E-state index in [1.807, 2.05) is 4.90 Å². The van der Waals surface area contributed by atoms with Crippen molar-refractivity contribution in [1.29, 1.82) is 0 Å². The Morgan fingerprint density at radius 3 is 2.53 bits per heavy atom. The molecule has 1 aromatic rings. The van der Waals surface area contributed by atoms with Crippen molar-refractivity contribution >= 4 is 13.5 Å². The fourth-order valence-electron chi connectivity index (χ4n) is 2.00. The van der Waals surface area contributed by atoms with E-state index >= 15 is 0 Å². The first kappa shape index (κ1) is 12.4. The average molecular weight is 237 g/mol. The Balaban J connectivity index is 2.42. The van der Waals surface area contributed by atoms with Gasteiger partial charge in [-0.05, 0) is 18.6 Å². The molecule has 1 aliphatic rings. The summed E-state index contributed by atoms with van der Waals surface area (Å²) in [6, 6.07) is 1.50. The Morgan fingerprint density at radius 1 is 1.29 bits per heavy atom. The van der Waals surface area contributed by atoms with Crippen LogP contribution in [0.5, 0.6) is 0 Å². The van der Waals surface area contributed by atoms with Gasteiger partial charge >= 0.3 is 0 Å². The Bertz CT molecular complexity index is 419. The minimum atomic E-state index is -0.540. The summed E-state index contributed by atoms with van der Waals surface area (Å²) >= 11 is 0. The molecule has 2 rings (SSSR count). The molecule has 17 heavy (non-hydrogen) atoms. The van der Waals surface area contributed by atoms with E-state index in [9.17, 15) is 8.78 Å². The molecule has 0 atom stereocenters. The number of benzene rings is 1. The summed E-state index contributed by atoms with van der Waals surface area (Å²) < 4.78 is 32.9. The van der Waals surface area contributed by atoms with Crippen LogP contribution in [0.25, 0.3) is 0 Å². The Labute approximate surface area is 101 Å². The molecule has 0 aromatic heterocycles. The van der Waals surface area contributed by atoms with Gasteiger partial charge in [-0.1, -0.05) is 6.32 Å². The molecule has 0 spiro atoms. The zero-order chi connectivity index (χ0) is 12.4. The standard InChI is InChI=1S/C12H14BF2NO/c1-8-11(14)9(7-13)6-10(12(8)15)16-2-4-17-5-3-16/h6H,2-5,7H2,1H3. The Kier molecular flexibility index (Phi) is 3.67. The SMILES string of the molecule is [B]Cc1cc(N2CCOCC2)c(F)c(C)c1F. The van der Waals surface area contributed by atoms with Gasteiger partial charge in [-0.15, -0.1) is 0 Å². The fraction of sp³-hybridized carbons (Fsp3) is 0.500. The summed E-state index contributed by atoms with van der Waals surface area (Å²) in [6.45, 7) is 3.80. The number of halogens is 2. The largest absolute Gasteiger partial charge is 0.378 e. The molecule has 1 heterocycles. The van der Waals surface area contributed by atoms with Gasteiger partial charge in [0.25, 0.3) is 0 Å². The molecule has 2 nitrogen and oxygen atoms in total. The predicted molar refractivity (Wildman–Crippen MR) is 63.6 cm³/mol. The van der Waals surface area contributed by atoms with Crippen LogP contribution in [-0.2, 0) is 11.1 Å². The summed E-state index contributed by atoms with van der Waals surface area (Å²) in [5, 5.41) is 0. The molecular weight excluding hydrogens is 223 g/mol. The van der Waals surface area contributed by atoms with E-state index in [1.165, 1.54) is 13.0 Å². The maximum atomic E-state index is 14.0. The molecule has 5 heteroatoms. The van der Waals surface area contributed by atoms with E-state index in [-0.39, 0.29) is 11.9 Å². The first-order chi connectivity index (χ1) is 8.15. The third kappa shape index (κ3) is 2.29. The molecule has 1 aromatic carbocycles. The summed E-state index contributed by atoms with van der Waals surface area (Å²) in [4.78, 5) is 1.87. The highest BCUT2D eigenvalue weighted by atomic mass is 19.1. The van der Waals surface area contributed by atoms with E-state index in [0.29, 0.717) is 37.6 Å². The van der Waals surface area contributed by atoms with Crippen molar-refractivity contribution in [2.24, 2.45) is 0 Å². The number of ether oxygens (including phenoxy) is 1. The van der Waals surface area contributed by atoms with E-state index in [4.69, 9.17) is 12.6 Å². The number of rotatable bonds is 2. The molecule has 1 aliphatic heterocycles. The zero-order valence-electron chi connectivity index (χ0n) is 9.80. The first-order valence-corrected chi connectivity index (χ1v) is 5.65. The van der Waals surface area contributed by atoms with Gasteiger partial charge in [-0.2, -0.15) is 0 Å². The molecular formula is C12H14BF2NO. The molecule has 0 aliphatic carbocycles. The van der Waals surface area contributed by atoms with E-state index < -0.39 is 11.6 Å². The maximum Gasteiger partial charge on any atom is 0.152 e. The van der Waals surface area contributed by atoms with Crippen LogP contribution in [0.15, 0.2) is 6.07 Å². The quantitative estimate of drug-likeness (QED) is 0.727. The van der Waals surface area contributed by atoms with Gasteiger partial charge < -0.3 is 9.64 Å². The van der Waals surface area contributed by atoms with Gasteiger partial charge in [0.15, 0.2) is 5.82 Å². The monoisotopic (exact) mass is 237 g/mol. The van der Waals surface area contributed by atoms with Gasteiger partial charge in [0, 0.05) is 18.7 Å². The van der Waals surface area contributed by atoms with Crippen LogP contribution in [0.4, 0.5) is 14.5 Å². The minimum absolute atomic E-state index is 0.0365. The number of hydrogen-bond donors (Lipinski definition) is 0. The normalized spacial score (nSPS) is 16.3. The van der Waals surface area contributed by atoms with Gasteiger partial charge in [-0.3, -0.25) is 0 Å². The molecule has 2 radical (unpaired) electrons. The number of morpholine rings is 1. The smallest absolute Gasteiger partial charge is 0.152 e. The van der Waals surface area contributed by atoms with Gasteiger partial charge in [0.1, 0.15) is 5.82 Å². The predicted octanol–water partition coefficient (Wildman–Crippen LogP) is 1.78. The number of nitrogens with zero attached hydrogens (tertiary/aromatic N) is 1. The maximum absolute atomic E-state index is 14.0. The average Bonchev–Trinajstić information content (AvgIpc) is 2.37. The second-order valence-corrected chi connectivity index (χ2v) is 4.11. The van der Waals surface area contributed by atoms with Crippen LogP contribution in [0.2, 0.25) is 0 Å². The Morgan fingerprint density at radius 2 is 1.94 bits per heavy atom. The lowest BCUT2D eigenvalue weighted by Gasteiger charge is -2.30. The summed E-state index contributed by atoms with van der Waals surface area (Å²) in [5.74, 6) is -1.04. The van der Waals surface area contributed by atoms with Crippen LogP contribution in [-0.4, -0.2) is 34.1 Å². The van der Waals surface area contributed by atoms with Crippen molar-refractivity contribution in [2.45, 2.75) is 13.2 Å². The van der Waals surface area contributed by atoms with E-state index in [1.54, 1.807) is 0 Å². The van der Waals surface area contributed by atoms with E-state index in [0.717, 1.165) is 0 Å². The Hall–Kier alpha value is -1.10. The minimum Gasteiger partial charge on any atom is -0.378 e. The van der Waals surface area contributed by atoms with Crippen molar-refractivity contribution in [1.82, 2.24) is 0 Å². The fourth-order valence-corrected chi connectivity index (χ4v) is 2.00. The highest BCUT2D eigenvalue weighted by Gasteiger charge is 2.20. The summed E-state index contributed by atoms with van der Waals surface area (Å²) in [6.07, 6.45) is 0.0737. The van der Waals surface area contributed by atoms with Crippen molar-refractivity contribution in [3.63, 3.8) is 0 Å². The van der Waals surface area contributed by atoms with Crippen LogP contribution < -0.4 is 4.90 Å². The van der Waals surface area contributed by atoms with Crippen LogP contribution in [0.1, 0.15) is 11.1 Å². The van der Waals surface area contributed by atoms with E-state index in [2.05, 4.69) is 0 Å². The first-order valence-electron chi connectivity index (χ1n) is 5.65. The van der Waals surface area contributed by atoms with Gasteiger partial charge in [0.05, 0.1) is 26.7 Å². The molecule has 0 amide bonds. The number of hydrogen-bond acceptors (Lipinski definition) is 2. The van der Waals surface area contributed by atoms with Crippen molar-refractivity contribution in [2.75, 3.05) is 31.2 Å². The third-order valence-corrected chi connectivity index (χ3v) is 3.05. The lowest BCUT2D eigenvalue weighted by Crippen LogP contribution is -2.37.